The maximum absolute atomic E-state index is 5.49. The molecular formula is C13H20N6S. The summed E-state index contributed by atoms with van der Waals surface area (Å²) in [4.78, 5) is 16.0. The highest BCUT2D eigenvalue weighted by Crippen LogP contribution is 2.32. The van der Waals surface area contributed by atoms with E-state index >= 15 is 0 Å². The van der Waals surface area contributed by atoms with Crippen molar-refractivity contribution in [2.45, 2.75) is 13.8 Å². The van der Waals surface area contributed by atoms with Crippen molar-refractivity contribution in [3.63, 3.8) is 0 Å². The summed E-state index contributed by atoms with van der Waals surface area (Å²) in [6.45, 7) is 9.57. The Labute approximate surface area is 122 Å². The van der Waals surface area contributed by atoms with Crippen LogP contribution in [-0.4, -0.2) is 47.6 Å². The molecule has 3 heterocycles. The molecule has 7 heteroatoms. The number of fused-ring (bicyclic) bond motifs is 1. The van der Waals surface area contributed by atoms with Crippen molar-refractivity contribution in [1.82, 2.24) is 14.9 Å². The molecule has 1 aliphatic rings. The molecule has 3 N–H and O–H groups in total. The molecule has 3 rings (SSSR count). The molecule has 2 aromatic rings. The zero-order valence-electron chi connectivity index (χ0n) is 11.9. The predicted molar refractivity (Wildman–Crippen MR) is 84.3 cm³/mol. The third-order valence-corrected chi connectivity index (χ3v) is 4.69. The van der Waals surface area contributed by atoms with Gasteiger partial charge in [-0.25, -0.2) is 10.8 Å². The van der Waals surface area contributed by atoms with Gasteiger partial charge in [0.05, 0.1) is 5.39 Å². The van der Waals surface area contributed by atoms with Crippen LogP contribution in [0, 0.1) is 6.92 Å². The maximum atomic E-state index is 5.49. The van der Waals surface area contributed by atoms with Crippen LogP contribution in [0.5, 0.6) is 0 Å². The summed E-state index contributed by atoms with van der Waals surface area (Å²) in [5, 5.41) is 1.14. The van der Waals surface area contributed by atoms with Gasteiger partial charge in [0, 0.05) is 31.1 Å². The number of aryl methyl sites for hydroxylation is 1. The number of aromatic nitrogens is 2. The van der Waals surface area contributed by atoms with Gasteiger partial charge in [0.15, 0.2) is 0 Å². The molecular weight excluding hydrogens is 272 g/mol. The van der Waals surface area contributed by atoms with E-state index in [4.69, 9.17) is 5.84 Å². The summed E-state index contributed by atoms with van der Waals surface area (Å²) in [7, 11) is 0. The van der Waals surface area contributed by atoms with Crippen molar-refractivity contribution in [3.05, 3.63) is 10.9 Å². The van der Waals surface area contributed by atoms with E-state index in [0.717, 1.165) is 48.8 Å². The Morgan fingerprint density at radius 1 is 1.30 bits per heavy atom. The number of hydrazine groups is 1. The molecule has 6 nitrogen and oxygen atoms in total. The van der Waals surface area contributed by atoms with Crippen LogP contribution in [0.1, 0.15) is 11.8 Å². The topological polar surface area (TPSA) is 70.3 Å². The molecule has 0 aromatic carbocycles. The number of thiophene rings is 1. The first kappa shape index (κ1) is 13.5. The van der Waals surface area contributed by atoms with E-state index in [0.29, 0.717) is 5.95 Å². The number of nitrogens with zero attached hydrogens (tertiary/aromatic N) is 4. The molecule has 1 fully saturated rings. The lowest BCUT2D eigenvalue weighted by molar-refractivity contribution is 0.271. The average molecular weight is 292 g/mol. The average Bonchev–Trinajstić information content (AvgIpc) is 2.86. The second-order valence-electron chi connectivity index (χ2n) is 5.01. The smallest absolute Gasteiger partial charge is 0.240 e. The van der Waals surface area contributed by atoms with E-state index in [-0.39, 0.29) is 0 Å². The number of hydrogen-bond acceptors (Lipinski definition) is 7. The summed E-state index contributed by atoms with van der Waals surface area (Å²) in [6, 6.07) is 2.17. The van der Waals surface area contributed by atoms with Gasteiger partial charge in [0.2, 0.25) is 5.95 Å². The summed E-state index contributed by atoms with van der Waals surface area (Å²) < 4.78 is 0. The highest BCUT2D eigenvalue weighted by atomic mass is 32.1. The highest BCUT2D eigenvalue weighted by molar-refractivity contribution is 7.18. The lowest BCUT2D eigenvalue weighted by Gasteiger charge is -2.35. The van der Waals surface area contributed by atoms with Crippen molar-refractivity contribution in [3.8, 4) is 0 Å². The van der Waals surface area contributed by atoms with E-state index in [9.17, 15) is 0 Å². The summed E-state index contributed by atoms with van der Waals surface area (Å²) >= 11 is 1.68. The predicted octanol–water partition coefficient (Wildman–Crippen LogP) is 1.43. The zero-order valence-corrected chi connectivity index (χ0v) is 12.7. The molecule has 0 aliphatic carbocycles. The first-order chi connectivity index (χ1) is 9.71. The normalized spacial score (nSPS) is 16.9. The molecule has 20 heavy (non-hydrogen) atoms. The third kappa shape index (κ3) is 2.44. The second kappa shape index (κ2) is 5.51. The Hall–Kier alpha value is -1.44. The van der Waals surface area contributed by atoms with Crippen LogP contribution in [0.15, 0.2) is 6.07 Å². The van der Waals surface area contributed by atoms with E-state index in [2.05, 4.69) is 45.1 Å². The van der Waals surface area contributed by atoms with Gasteiger partial charge in [-0.15, -0.1) is 11.3 Å². The van der Waals surface area contributed by atoms with Gasteiger partial charge in [0.25, 0.3) is 0 Å². The van der Waals surface area contributed by atoms with Crippen molar-refractivity contribution in [2.24, 2.45) is 5.84 Å². The van der Waals surface area contributed by atoms with Gasteiger partial charge in [0.1, 0.15) is 10.6 Å². The summed E-state index contributed by atoms with van der Waals surface area (Å²) in [6.07, 6.45) is 0. The van der Waals surface area contributed by atoms with Crippen molar-refractivity contribution in [1.29, 1.82) is 0 Å². The van der Waals surface area contributed by atoms with E-state index in [1.807, 2.05) is 0 Å². The lowest BCUT2D eigenvalue weighted by atomic mass is 10.2. The molecule has 0 bridgehead atoms. The van der Waals surface area contributed by atoms with Crippen LogP contribution in [0.2, 0.25) is 0 Å². The molecule has 2 aromatic heterocycles. The Morgan fingerprint density at radius 2 is 2.05 bits per heavy atom. The fourth-order valence-electron chi connectivity index (χ4n) is 2.61. The van der Waals surface area contributed by atoms with Crippen LogP contribution in [0.25, 0.3) is 10.2 Å². The Bertz CT molecular complexity index is 602. The van der Waals surface area contributed by atoms with E-state index in [1.54, 1.807) is 11.3 Å². The Morgan fingerprint density at radius 3 is 2.70 bits per heavy atom. The molecule has 1 saturated heterocycles. The molecule has 1 aliphatic heterocycles. The van der Waals surface area contributed by atoms with Crippen LogP contribution in [0.4, 0.5) is 11.8 Å². The molecule has 0 radical (unpaired) electrons. The van der Waals surface area contributed by atoms with Crippen LogP contribution in [0.3, 0.4) is 0 Å². The molecule has 0 amide bonds. The lowest BCUT2D eigenvalue weighted by Crippen LogP contribution is -2.46. The summed E-state index contributed by atoms with van der Waals surface area (Å²) in [5.74, 6) is 6.99. The van der Waals surface area contributed by atoms with Gasteiger partial charge in [-0.05, 0) is 19.5 Å². The number of likely N-dealkylation sites (N-methyl/N-ethyl adjacent to an activating group) is 1. The van der Waals surface area contributed by atoms with Crippen LogP contribution >= 0.6 is 11.3 Å². The standard InChI is InChI=1S/C13H20N6S/c1-3-18-4-6-19(7-5-18)11-10-8-9(2)20-12(10)16-13(15-11)17-14/h8H,3-7,14H2,1-2H3,(H,15,16,17). The minimum absolute atomic E-state index is 0.493. The number of hydrogen-bond donors (Lipinski definition) is 2. The van der Waals surface area contributed by atoms with E-state index < -0.39 is 0 Å². The number of piperazine rings is 1. The highest BCUT2D eigenvalue weighted by Gasteiger charge is 2.20. The number of nitrogens with two attached hydrogens (primary N) is 1. The van der Waals surface area contributed by atoms with Gasteiger partial charge in [-0.3, -0.25) is 5.43 Å². The monoisotopic (exact) mass is 292 g/mol. The number of nitrogens with one attached hydrogen (secondary N) is 1. The van der Waals surface area contributed by atoms with Crippen LogP contribution in [-0.2, 0) is 0 Å². The molecule has 0 saturated carbocycles. The van der Waals surface area contributed by atoms with Crippen molar-refractivity contribution >= 4 is 33.3 Å². The minimum Gasteiger partial charge on any atom is -0.353 e. The first-order valence-electron chi connectivity index (χ1n) is 6.93. The van der Waals surface area contributed by atoms with Gasteiger partial charge in [-0.2, -0.15) is 4.98 Å². The molecule has 108 valence electrons. The molecule has 0 spiro atoms. The van der Waals surface area contributed by atoms with Gasteiger partial charge in [-0.1, -0.05) is 6.92 Å². The maximum Gasteiger partial charge on any atom is 0.240 e. The summed E-state index contributed by atoms with van der Waals surface area (Å²) in [5.41, 5.74) is 2.58. The number of nitrogen functional groups attached to an aromatic ring is 1. The number of anilines is 2. The minimum atomic E-state index is 0.493. The van der Waals surface area contributed by atoms with Gasteiger partial charge >= 0.3 is 0 Å². The second-order valence-corrected chi connectivity index (χ2v) is 6.25. The van der Waals surface area contributed by atoms with Crippen LogP contribution < -0.4 is 16.2 Å². The fourth-order valence-corrected chi connectivity index (χ4v) is 3.48. The Kier molecular flexibility index (Phi) is 3.73. The zero-order chi connectivity index (χ0) is 14.1. The molecule has 0 atom stereocenters. The Balaban J connectivity index is 1.97. The fraction of sp³-hybridized carbons (Fsp3) is 0.538. The SMILES string of the molecule is CCN1CCN(c2nc(NN)nc3sc(C)cc23)CC1. The molecule has 0 unspecified atom stereocenters. The van der Waals surface area contributed by atoms with E-state index in [1.165, 1.54) is 4.88 Å². The third-order valence-electron chi connectivity index (χ3n) is 3.74. The number of rotatable bonds is 3. The van der Waals surface area contributed by atoms with Crippen molar-refractivity contribution < 1.29 is 0 Å². The quantitative estimate of drug-likeness (QED) is 0.659. The van der Waals surface area contributed by atoms with Gasteiger partial charge < -0.3 is 9.80 Å². The van der Waals surface area contributed by atoms with Crippen molar-refractivity contribution in [2.75, 3.05) is 43.0 Å². The first-order valence-corrected chi connectivity index (χ1v) is 7.75. The largest absolute Gasteiger partial charge is 0.353 e.